The summed E-state index contributed by atoms with van der Waals surface area (Å²) in [7, 11) is 0. The van der Waals surface area contributed by atoms with Gasteiger partial charge in [-0.1, -0.05) is 90.0 Å². The van der Waals surface area contributed by atoms with E-state index in [-0.39, 0.29) is 17.1 Å². The lowest BCUT2D eigenvalue weighted by atomic mass is 9.81. The van der Waals surface area contributed by atoms with Crippen LogP contribution in [0.1, 0.15) is 45.7 Å². The Morgan fingerprint density at radius 2 is 1.21 bits per heavy atom. The Morgan fingerprint density at radius 3 is 1.71 bits per heavy atom. The molecular formula is C35H34O2S. The first kappa shape index (κ1) is 26.1. The molecule has 0 amide bonds. The number of fused-ring (bicyclic) bond motifs is 2. The number of benzene rings is 4. The van der Waals surface area contributed by atoms with E-state index in [1.807, 2.05) is 6.92 Å². The number of carbonyl (C=O) groups excluding carboxylic acids is 1. The third kappa shape index (κ3) is 5.08. The van der Waals surface area contributed by atoms with Gasteiger partial charge in [0.25, 0.3) is 0 Å². The number of rotatable bonds is 6. The van der Waals surface area contributed by atoms with Crippen molar-refractivity contribution in [3.8, 4) is 0 Å². The zero-order valence-electron chi connectivity index (χ0n) is 22.7. The third-order valence-electron chi connectivity index (χ3n) is 7.20. The molecule has 0 fully saturated rings. The fourth-order valence-corrected chi connectivity index (χ4v) is 7.06. The lowest BCUT2D eigenvalue weighted by Gasteiger charge is -2.27. The molecule has 2 atom stereocenters. The zero-order chi connectivity index (χ0) is 26.8. The molecular weight excluding hydrogens is 484 g/mol. The molecule has 0 spiro atoms. The van der Waals surface area contributed by atoms with Crippen LogP contribution in [0.2, 0.25) is 0 Å². The van der Waals surface area contributed by atoms with Gasteiger partial charge in [-0.25, -0.2) is 4.79 Å². The van der Waals surface area contributed by atoms with Crippen LogP contribution in [0.25, 0.3) is 32.7 Å². The smallest absolute Gasteiger partial charge is 0.344 e. The van der Waals surface area contributed by atoms with Crippen molar-refractivity contribution in [3.63, 3.8) is 0 Å². The van der Waals surface area contributed by atoms with Crippen LogP contribution < -0.4 is 0 Å². The average molecular weight is 519 g/mol. The summed E-state index contributed by atoms with van der Waals surface area (Å²) in [4.78, 5) is 13.7. The van der Waals surface area contributed by atoms with Gasteiger partial charge < -0.3 is 4.74 Å². The van der Waals surface area contributed by atoms with E-state index in [2.05, 4.69) is 119 Å². The highest BCUT2D eigenvalue weighted by molar-refractivity contribution is 8.05. The molecule has 4 aromatic rings. The summed E-state index contributed by atoms with van der Waals surface area (Å²) in [6.07, 6.45) is 2.15. The summed E-state index contributed by atoms with van der Waals surface area (Å²) in [5.74, 6) is -0.204. The number of carbonyl (C=O) groups is 1. The molecule has 0 saturated carbocycles. The Kier molecular flexibility index (Phi) is 7.58. The van der Waals surface area contributed by atoms with Crippen molar-refractivity contribution in [3.05, 3.63) is 118 Å². The molecule has 0 saturated heterocycles. The first-order valence-corrected chi connectivity index (χ1v) is 14.1. The summed E-state index contributed by atoms with van der Waals surface area (Å²) in [6, 6.07) is 30.4. The fraction of sp³-hybridized carbons (Fsp3) is 0.229. The second kappa shape index (κ2) is 11.0. The van der Waals surface area contributed by atoms with Gasteiger partial charge in [0.05, 0.1) is 11.5 Å². The largest absolute Gasteiger partial charge is 0.462 e. The molecule has 3 heteroatoms. The molecule has 1 aliphatic heterocycles. The van der Waals surface area contributed by atoms with E-state index in [0.29, 0.717) is 11.5 Å². The van der Waals surface area contributed by atoms with Gasteiger partial charge in [0.2, 0.25) is 0 Å². The van der Waals surface area contributed by atoms with Crippen LogP contribution in [-0.4, -0.2) is 17.8 Å². The topological polar surface area (TPSA) is 26.3 Å². The molecule has 0 unspecified atom stereocenters. The number of allylic oxidation sites excluding steroid dienone is 4. The molecule has 0 radical (unpaired) electrons. The fourth-order valence-electron chi connectivity index (χ4n) is 5.56. The SMILES string of the molecule is CCOC(=O)C1=C[C@@H](C(=C(C)C)c2ccc3ccccc3c2)[C@H](C(=C(C)C)c2ccc3ccccc3c2)S1. The van der Waals surface area contributed by atoms with E-state index in [9.17, 15) is 4.79 Å². The van der Waals surface area contributed by atoms with Crippen molar-refractivity contribution >= 4 is 50.4 Å². The first-order valence-electron chi connectivity index (χ1n) is 13.3. The van der Waals surface area contributed by atoms with Crippen molar-refractivity contribution < 1.29 is 9.53 Å². The first-order chi connectivity index (χ1) is 18.4. The minimum Gasteiger partial charge on any atom is -0.462 e. The molecule has 0 aromatic heterocycles. The Hall–Kier alpha value is -3.56. The summed E-state index contributed by atoms with van der Waals surface area (Å²) in [5, 5.41) is 4.95. The molecule has 1 heterocycles. The quantitative estimate of drug-likeness (QED) is 0.238. The van der Waals surface area contributed by atoms with Gasteiger partial charge in [-0.2, -0.15) is 0 Å². The predicted octanol–water partition coefficient (Wildman–Crippen LogP) is 9.46. The zero-order valence-corrected chi connectivity index (χ0v) is 23.6. The average Bonchev–Trinajstić information content (AvgIpc) is 3.32. The molecule has 4 aromatic carbocycles. The highest BCUT2D eigenvalue weighted by Gasteiger charge is 2.38. The monoisotopic (exact) mass is 518 g/mol. The van der Waals surface area contributed by atoms with Crippen LogP contribution in [0.5, 0.6) is 0 Å². The van der Waals surface area contributed by atoms with Gasteiger partial charge in [0.15, 0.2) is 0 Å². The van der Waals surface area contributed by atoms with Gasteiger partial charge in [-0.15, -0.1) is 11.8 Å². The van der Waals surface area contributed by atoms with Crippen LogP contribution in [-0.2, 0) is 9.53 Å². The van der Waals surface area contributed by atoms with Gasteiger partial charge in [-0.3, -0.25) is 0 Å². The molecule has 0 bridgehead atoms. The normalized spacial score (nSPS) is 16.8. The number of ether oxygens (including phenoxy) is 1. The van der Waals surface area contributed by atoms with E-state index >= 15 is 0 Å². The maximum atomic E-state index is 13.0. The lowest BCUT2D eigenvalue weighted by molar-refractivity contribution is -0.137. The van der Waals surface area contributed by atoms with Gasteiger partial charge >= 0.3 is 5.97 Å². The van der Waals surface area contributed by atoms with Crippen molar-refractivity contribution in [1.82, 2.24) is 0 Å². The van der Waals surface area contributed by atoms with Crippen LogP contribution in [0.15, 0.2) is 107 Å². The summed E-state index contributed by atoms with van der Waals surface area (Å²) >= 11 is 1.64. The molecule has 1 aliphatic rings. The predicted molar refractivity (Wildman–Crippen MR) is 164 cm³/mol. The highest BCUT2D eigenvalue weighted by Crippen LogP contribution is 2.51. The van der Waals surface area contributed by atoms with E-state index in [0.717, 1.165) is 0 Å². The van der Waals surface area contributed by atoms with Crippen LogP contribution in [0.3, 0.4) is 0 Å². The number of hydrogen-bond donors (Lipinski definition) is 0. The second-order valence-corrected chi connectivity index (χ2v) is 11.5. The van der Waals surface area contributed by atoms with E-state index in [1.165, 1.54) is 55.0 Å². The number of thioether (sulfide) groups is 1. The number of esters is 1. The minimum atomic E-state index is -0.233. The van der Waals surface area contributed by atoms with Crippen molar-refractivity contribution in [2.45, 2.75) is 39.9 Å². The lowest BCUT2D eigenvalue weighted by Crippen LogP contribution is -2.17. The summed E-state index contributed by atoms with van der Waals surface area (Å²) < 4.78 is 5.47. The maximum absolute atomic E-state index is 13.0. The minimum absolute atomic E-state index is 0.0296. The molecule has 38 heavy (non-hydrogen) atoms. The molecule has 0 N–H and O–H groups in total. The van der Waals surface area contributed by atoms with Crippen molar-refractivity contribution in [2.24, 2.45) is 5.92 Å². The standard InChI is InChI=1S/C35H34O2S/c1-6-37-35(36)31-21-30(32(22(2)3)28-17-15-24-11-7-9-13-26(24)19-28)34(38-31)33(23(4)5)29-18-16-25-12-8-10-14-27(25)20-29/h7-21,30,34H,6H2,1-5H3/t30-,34+/m0/s1. The van der Waals surface area contributed by atoms with Gasteiger partial charge in [0.1, 0.15) is 0 Å². The van der Waals surface area contributed by atoms with Crippen molar-refractivity contribution in [1.29, 1.82) is 0 Å². The van der Waals surface area contributed by atoms with E-state index < -0.39 is 0 Å². The summed E-state index contributed by atoms with van der Waals surface area (Å²) in [6.45, 7) is 11.0. The van der Waals surface area contributed by atoms with Crippen LogP contribution in [0.4, 0.5) is 0 Å². The molecule has 5 rings (SSSR count). The maximum Gasteiger partial charge on any atom is 0.344 e. The Labute approximate surface area is 230 Å². The number of hydrogen-bond acceptors (Lipinski definition) is 3. The van der Waals surface area contributed by atoms with Crippen LogP contribution >= 0.6 is 11.8 Å². The highest BCUT2D eigenvalue weighted by atomic mass is 32.2. The van der Waals surface area contributed by atoms with Gasteiger partial charge in [-0.05, 0) is 90.6 Å². The Morgan fingerprint density at radius 1 is 0.711 bits per heavy atom. The van der Waals surface area contributed by atoms with Crippen molar-refractivity contribution in [2.75, 3.05) is 6.61 Å². The Balaban J connectivity index is 1.66. The Bertz CT molecular complexity index is 1610. The second-order valence-electron chi connectivity index (χ2n) is 10.3. The summed E-state index contributed by atoms with van der Waals surface area (Å²) in [5.41, 5.74) is 7.47. The molecule has 192 valence electrons. The van der Waals surface area contributed by atoms with Gasteiger partial charge in [0, 0.05) is 11.2 Å². The molecule has 2 nitrogen and oxygen atoms in total. The van der Waals surface area contributed by atoms with E-state index in [1.54, 1.807) is 11.8 Å². The van der Waals surface area contributed by atoms with Crippen LogP contribution in [0, 0.1) is 5.92 Å². The van der Waals surface area contributed by atoms with E-state index in [4.69, 9.17) is 4.74 Å². The third-order valence-corrected chi connectivity index (χ3v) is 8.54. The molecule has 0 aliphatic carbocycles.